The van der Waals surface area contributed by atoms with Gasteiger partial charge >= 0.3 is 0 Å². The molecular weight excluding hydrogens is 258 g/mol. The summed E-state index contributed by atoms with van der Waals surface area (Å²) >= 11 is 0. The van der Waals surface area contributed by atoms with Gasteiger partial charge in [0.25, 0.3) is 0 Å². The number of nitrogens with zero attached hydrogens (tertiary/aromatic N) is 1. The van der Waals surface area contributed by atoms with Gasteiger partial charge in [-0.05, 0) is 31.4 Å². The maximum Gasteiger partial charge on any atom is 0.149 e. The molecule has 0 aromatic heterocycles. The predicted molar refractivity (Wildman–Crippen MR) is 77.0 cm³/mol. The van der Waals surface area contributed by atoms with Gasteiger partial charge in [-0.25, -0.2) is 8.78 Å². The number of piperazine rings is 1. The summed E-state index contributed by atoms with van der Waals surface area (Å²) in [6, 6.07) is 4.30. The molecule has 20 heavy (non-hydrogen) atoms. The van der Waals surface area contributed by atoms with E-state index in [1.165, 1.54) is 31.0 Å². The quantitative estimate of drug-likeness (QED) is 0.892. The number of benzene rings is 1. The molecule has 1 aromatic carbocycles. The van der Waals surface area contributed by atoms with Gasteiger partial charge in [0.2, 0.25) is 0 Å². The largest absolute Gasteiger partial charge is 0.361 e. The van der Waals surface area contributed by atoms with Crippen molar-refractivity contribution in [1.82, 2.24) is 5.32 Å². The summed E-state index contributed by atoms with van der Waals surface area (Å²) in [5.74, 6) is -0.892. The van der Waals surface area contributed by atoms with E-state index in [4.69, 9.17) is 0 Å². The molecule has 1 unspecified atom stereocenters. The molecule has 1 atom stereocenters. The zero-order valence-corrected chi connectivity index (χ0v) is 12.0. The Morgan fingerprint density at radius 2 is 1.90 bits per heavy atom. The Morgan fingerprint density at radius 3 is 2.50 bits per heavy atom. The molecule has 0 bridgehead atoms. The first-order valence-electron chi connectivity index (χ1n) is 7.61. The Balaban J connectivity index is 1.95. The number of halogens is 2. The molecule has 2 aliphatic rings. The van der Waals surface area contributed by atoms with Crippen LogP contribution in [-0.2, 0) is 0 Å². The van der Waals surface area contributed by atoms with Crippen LogP contribution < -0.4 is 10.2 Å². The summed E-state index contributed by atoms with van der Waals surface area (Å²) in [5.41, 5.74) is 0.215. The predicted octanol–water partition coefficient (Wildman–Crippen LogP) is 3.47. The Morgan fingerprint density at radius 1 is 1.25 bits per heavy atom. The summed E-state index contributed by atoms with van der Waals surface area (Å²) in [7, 11) is 0. The normalized spacial score (nSPS) is 25.4. The lowest BCUT2D eigenvalue weighted by Crippen LogP contribution is -2.63. The SMILES string of the molecule is CCC1CNC2(CCCC2)CN1c1c(F)cccc1F. The van der Waals surface area contributed by atoms with Crippen LogP contribution in [0.4, 0.5) is 14.5 Å². The second-order valence-electron chi connectivity index (χ2n) is 6.13. The number of nitrogens with one attached hydrogen (secondary N) is 1. The lowest BCUT2D eigenvalue weighted by atomic mass is 9.91. The van der Waals surface area contributed by atoms with E-state index in [-0.39, 0.29) is 17.3 Å². The average Bonchev–Trinajstić information content (AvgIpc) is 2.87. The van der Waals surface area contributed by atoms with Crippen LogP contribution in [0, 0.1) is 11.6 Å². The van der Waals surface area contributed by atoms with E-state index in [1.54, 1.807) is 0 Å². The molecule has 1 saturated heterocycles. The lowest BCUT2D eigenvalue weighted by Gasteiger charge is -2.47. The number of para-hydroxylation sites is 1. The van der Waals surface area contributed by atoms with Crippen molar-refractivity contribution >= 4 is 5.69 Å². The molecule has 2 fully saturated rings. The number of hydrogen-bond acceptors (Lipinski definition) is 2. The van der Waals surface area contributed by atoms with Gasteiger partial charge in [-0.2, -0.15) is 0 Å². The summed E-state index contributed by atoms with van der Waals surface area (Å²) < 4.78 is 28.2. The fourth-order valence-electron chi connectivity index (χ4n) is 3.73. The Kier molecular flexibility index (Phi) is 3.67. The Bertz CT molecular complexity index is 463. The van der Waals surface area contributed by atoms with Crippen molar-refractivity contribution in [1.29, 1.82) is 0 Å². The van der Waals surface area contributed by atoms with Gasteiger partial charge < -0.3 is 10.2 Å². The van der Waals surface area contributed by atoms with Crippen LogP contribution in [0.15, 0.2) is 18.2 Å². The molecule has 1 saturated carbocycles. The van der Waals surface area contributed by atoms with Crippen LogP contribution in [0.5, 0.6) is 0 Å². The number of rotatable bonds is 2. The maximum atomic E-state index is 14.1. The van der Waals surface area contributed by atoms with Crippen molar-refractivity contribution in [2.45, 2.75) is 50.6 Å². The van der Waals surface area contributed by atoms with Gasteiger partial charge in [-0.1, -0.05) is 25.8 Å². The lowest BCUT2D eigenvalue weighted by molar-refractivity contribution is 0.264. The van der Waals surface area contributed by atoms with Gasteiger partial charge in [0, 0.05) is 24.7 Å². The second-order valence-corrected chi connectivity index (χ2v) is 6.13. The van der Waals surface area contributed by atoms with E-state index in [9.17, 15) is 8.78 Å². The molecule has 1 N–H and O–H groups in total. The van der Waals surface area contributed by atoms with Crippen LogP contribution in [-0.4, -0.2) is 24.7 Å². The third kappa shape index (κ3) is 2.30. The average molecular weight is 280 g/mol. The van der Waals surface area contributed by atoms with Gasteiger partial charge in [0.05, 0.1) is 0 Å². The third-order valence-corrected chi connectivity index (χ3v) is 4.88. The monoisotopic (exact) mass is 280 g/mol. The van der Waals surface area contributed by atoms with Crippen LogP contribution in [0.3, 0.4) is 0 Å². The molecule has 0 amide bonds. The zero-order valence-electron chi connectivity index (χ0n) is 12.0. The van der Waals surface area contributed by atoms with Gasteiger partial charge in [-0.3, -0.25) is 0 Å². The molecule has 1 heterocycles. The summed E-state index contributed by atoms with van der Waals surface area (Å²) in [5, 5.41) is 3.65. The van der Waals surface area contributed by atoms with Gasteiger partial charge in [0.1, 0.15) is 17.3 Å². The van der Waals surface area contributed by atoms with E-state index in [0.717, 1.165) is 25.8 Å². The molecule has 1 aromatic rings. The molecule has 0 radical (unpaired) electrons. The highest BCUT2D eigenvalue weighted by atomic mass is 19.1. The standard InChI is InChI=1S/C16H22F2N2/c1-2-12-10-19-16(8-3-4-9-16)11-20(12)15-13(17)6-5-7-14(15)18/h5-7,12,19H,2-4,8-11H2,1H3. The van der Waals surface area contributed by atoms with Crippen molar-refractivity contribution in [3.05, 3.63) is 29.8 Å². The van der Waals surface area contributed by atoms with Crippen LogP contribution in [0.2, 0.25) is 0 Å². The Labute approximate surface area is 119 Å². The highest BCUT2D eigenvalue weighted by molar-refractivity contribution is 5.51. The van der Waals surface area contributed by atoms with Crippen molar-refractivity contribution < 1.29 is 8.78 Å². The first-order chi connectivity index (χ1) is 9.65. The number of anilines is 1. The van der Waals surface area contributed by atoms with Crippen LogP contribution in [0.25, 0.3) is 0 Å². The fourth-order valence-corrected chi connectivity index (χ4v) is 3.73. The summed E-state index contributed by atoms with van der Waals surface area (Å²) in [4.78, 5) is 1.96. The first-order valence-corrected chi connectivity index (χ1v) is 7.61. The molecule has 4 heteroatoms. The van der Waals surface area contributed by atoms with E-state index in [2.05, 4.69) is 12.2 Å². The summed E-state index contributed by atoms with van der Waals surface area (Å²) in [6.45, 7) is 3.60. The second kappa shape index (κ2) is 5.32. The summed E-state index contributed by atoms with van der Waals surface area (Å²) in [6.07, 6.45) is 5.51. The third-order valence-electron chi connectivity index (χ3n) is 4.88. The molecule has 1 aliphatic heterocycles. The van der Waals surface area contributed by atoms with Gasteiger partial charge in [0.15, 0.2) is 0 Å². The van der Waals surface area contributed by atoms with E-state index in [1.807, 2.05) is 4.90 Å². The maximum absolute atomic E-state index is 14.1. The molecule has 2 nitrogen and oxygen atoms in total. The van der Waals surface area contributed by atoms with Crippen LogP contribution >= 0.6 is 0 Å². The molecule has 110 valence electrons. The van der Waals surface area contributed by atoms with E-state index in [0.29, 0.717) is 6.54 Å². The highest BCUT2D eigenvalue weighted by Gasteiger charge is 2.41. The zero-order chi connectivity index (χ0) is 14.2. The molecule has 1 aliphatic carbocycles. The first kappa shape index (κ1) is 13.8. The van der Waals surface area contributed by atoms with Crippen molar-refractivity contribution in [2.75, 3.05) is 18.0 Å². The minimum atomic E-state index is -0.446. The van der Waals surface area contributed by atoms with Gasteiger partial charge in [-0.15, -0.1) is 0 Å². The minimum Gasteiger partial charge on any atom is -0.361 e. The fraction of sp³-hybridized carbons (Fsp3) is 0.625. The van der Waals surface area contributed by atoms with E-state index >= 15 is 0 Å². The van der Waals surface area contributed by atoms with Crippen LogP contribution in [0.1, 0.15) is 39.0 Å². The number of hydrogen-bond donors (Lipinski definition) is 1. The van der Waals surface area contributed by atoms with Crippen molar-refractivity contribution in [3.63, 3.8) is 0 Å². The smallest absolute Gasteiger partial charge is 0.149 e. The topological polar surface area (TPSA) is 15.3 Å². The molecule has 3 rings (SSSR count). The minimum absolute atomic E-state index is 0.0559. The van der Waals surface area contributed by atoms with Crippen molar-refractivity contribution in [3.8, 4) is 0 Å². The van der Waals surface area contributed by atoms with E-state index < -0.39 is 11.6 Å². The molecular formula is C16H22F2N2. The van der Waals surface area contributed by atoms with Crippen molar-refractivity contribution in [2.24, 2.45) is 0 Å². The highest BCUT2D eigenvalue weighted by Crippen LogP contribution is 2.37. The molecule has 1 spiro atoms. The Hall–Kier alpha value is -1.16.